The number of nitrogens with one attached hydrogen (secondary N) is 1. The van der Waals surface area contributed by atoms with E-state index in [1.807, 2.05) is 24.3 Å². The average molecular weight is 280 g/mol. The summed E-state index contributed by atoms with van der Waals surface area (Å²) in [7, 11) is 0. The maximum Gasteiger partial charge on any atom is 0.224 e. The molecule has 1 aliphatic heterocycles. The van der Waals surface area contributed by atoms with Gasteiger partial charge in [0, 0.05) is 11.9 Å². The number of fused-ring (bicyclic) bond motifs is 1. The molecule has 1 aromatic carbocycles. The van der Waals surface area contributed by atoms with E-state index in [1.54, 1.807) is 0 Å². The molecule has 1 fully saturated rings. The first-order valence-corrected chi connectivity index (χ1v) is 6.56. The van der Waals surface area contributed by atoms with E-state index in [0.717, 1.165) is 16.7 Å². The predicted octanol–water partition coefficient (Wildman–Crippen LogP) is 2.11. The summed E-state index contributed by atoms with van der Waals surface area (Å²) in [5, 5.41) is 4.44. The van der Waals surface area contributed by atoms with Crippen LogP contribution in [0.3, 0.4) is 0 Å². The molecular formula is C13H14ClN3O2. The van der Waals surface area contributed by atoms with Gasteiger partial charge in [0.15, 0.2) is 0 Å². The maximum absolute atomic E-state index is 5.93. The molecule has 0 spiro atoms. The Morgan fingerprint density at radius 3 is 3.00 bits per heavy atom. The number of nitrogens with zero attached hydrogens (tertiary/aromatic N) is 2. The highest BCUT2D eigenvalue weighted by Crippen LogP contribution is 2.21. The SMILES string of the molecule is Clc1nc(NCC2COCCO2)c2ccccc2n1. The van der Waals surface area contributed by atoms with Crippen molar-refractivity contribution in [1.82, 2.24) is 9.97 Å². The summed E-state index contributed by atoms with van der Waals surface area (Å²) in [5.41, 5.74) is 0.825. The van der Waals surface area contributed by atoms with Crippen molar-refractivity contribution in [3.63, 3.8) is 0 Å². The minimum atomic E-state index is 0.0428. The summed E-state index contributed by atoms with van der Waals surface area (Å²) < 4.78 is 10.9. The van der Waals surface area contributed by atoms with Gasteiger partial charge in [0.05, 0.1) is 31.4 Å². The van der Waals surface area contributed by atoms with E-state index in [2.05, 4.69) is 15.3 Å². The van der Waals surface area contributed by atoms with Crippen molar-refractivity contribution < 1.29 is 9.47 Å². The molecule has 3 rings (SSSR count). The largest absolute Gasteiger partial charge is 0.376 e. The second-order valence-corrected chi connectivity index (χ2v) is 4.65. The third-order valence-electron chi connectivity index (χ3n) is 2.96. The quantitative estimate of drug-likeness (QED) is 0.872. The van der Waals surface area contributed by atoms with Crippen molar-refractivity contribution in [2.24, 2.45) is 0 Å². The van der Waals surface area contributed by atoms with Crippen LogP contribution < -0.4 is 5.32 Å². The van der Waals surface area contributed by atoms with Crippen molar-refractivity contribution in [1.29, 1.82) is 0 Å². The molecule has 0 radical (unpaired) electrons. The zero-order valence-corrected chi connectivity index (χ0v) is 11.1. The van der Waals surface area contributed by atoms with Gasteiger partial charge < -0.3 is 14.8 Å². The van der Waals surface area contributed by atoms with Gasteiger partial charge in [-0.3, -0.25) is 0 Å². The number of halogens is 1. The summed E-state index contributed by atoms with van der Waals surface area (Å²) in [6.07, 6.45) is 0.0428. The van der Waals surface area contributed by atoms with Gasteiger partial charge in [0.25, 0.3) is 0 Å². The van der Waals surface area contributed by atoms with Crippen LogP contribution in [0.1, 0.15) is 0 Å². The van der Waals surface area contributed by atoms with Crippen LogP contribution in [-0.2, 0) is 9.47 Å². The molecule has 1 aromatic heterocycles. The smallest absolute Gasteiger partial charge is 0.224 e. The molecule has 0 aliphatic carbocycles. The monoisotopic (exact) mass is 279 g/mol. The number of ether oxygens (including phenoxy) is 2. The summed E-state index contributed by atoms with van der Waals surface area (Å²) in [6, 6.07) is 7.75. The minimum absolute atomic E-state index is 0.0428. The number of benzene rings is 1. The first-order chi connectivity index (χ1) is 9.33. The van der Waals surface area contributed by atoms with Crippen molar-refractivity contribution in [2.75, 3.05) is 31.7 Å². The molecular weight excluding hydrogens is 266 g/mol. The van der Waals surface area contributed by atoms with E-state index < -0.39 is 0 Å². The molecule has 1 N–H and O–H groups in total. The summed E-state index contributed by atoms with van der Waals surface area (Å²) in [6.45, 7) is 2.54. The van der Waals surface area contributed by atoms with Crippen molar-refractivity contribution in [2.45, 2.75) is 6.10 Å². The van der Waals surface area contributed by atoms with Gasteiger partial charge in [-0.25, -0.2) is 9.97 Å². The summed E-state index contributed by atoms with van der Waals surface area (Å²) in [5.74, 6) is 0.727. The third kappa shape index (κ3) is 2.94. The lowest BCUT2D eigenvalue weighted by Gasteiger charge is -2.23. The molecule has 1 unspecified atom stereocenters. The van der Waals surface area contributed by atoms with E-state index in [9.17, 15) is 0 Å². The molecule has 5 nitrogen and oxygen atoms in total. The van der Waals surface area contributed by atoms with Gasteiger partial charge in [-0.15, -0.1) is 0 Å². The van der Waals surface area contributed by atoms with Gasteiger partial charge in [0.2, 0.25) is 5.28 Å². The molecule has 0 bridgehead atoms. The molecule has 100 valence electrons. The number of hydrogen-bond donors (Lipinski definition) is 1. The molecule has 19 heavy (non-hydrogen) atoms. The van der Waals surface area contributed by atoms with E-state index in [0.29, 0.717) is 26.4 Å². The third-order valence-corrected chi connectivity index (χ3v) is 3.13. The van der Waals surface area contributed by atoms with Gasteiger partial charge in [-0.1, -0.05) is 12.1 Å². The number of hydrogen-bond acceptors (Lipinski definition) is 5. The molecule has 1 saturated heterocycles. The Hall–Kier alpha value is -1.43. The fourth-order valence-corrected chi connectivity index (χ4v) is 2.22. The lowest BCUT2D eigenvalue weighted by molar-refractivity contribution is -0.0819. The van der Waals surface area contributed by atoms with Crippen molar-refractivity contribution in [3.05, 3.63) is 29.5 Å². The van der Waals surface area contributed by atoms with Crippen LogP contribution in [0.5, 0.6) is 0 Å². The number of para-hydroxylation sites is 1. The molecule has 6 heteroatoms. The molecule has 1 aliphatic rings. The van der Waals surface area contributed by atoms with Crippen LogP contribution in [0.2, 0.25) is 5.28 Å². The second-order valence-electron chi connectivity index (χ2n) is 4.31. The lowest BCUT2D eigenvalue weighted by Crippen LogP contribution is -2.34. The van der Waals surface area contributed by atoms with Crippen LogP contribution >= 0.6 is 11.6 Å². The van der Waals surface area contributed by atoms with Crippen LogP contribution in [0.15, 0.2) is 24.3 Å². The van der Waals surface area contributed by atoms with Crippen molar-refractivity contribution >= 4 is 28.3 Å². The van der Waals surface area contributed by atoms with Gasteiger partial charge >= 0.3 is 0 Å². The summed E-state index contributed by atoms with van der Waals surface area (Å²) >= 11 is 5.93. The average Bonchev–Trinajstić information content (AvgIpc) is 2.45. The fourth-order valence-electron chi connectivity index (χ4n) is 2.05. The standard InChI is InChI=1S/C13H14ClN3O2/c14-13-16-11-4-2-1-3-10(11)12(17-13)15-7-9-8-18-5-6-19-9/h1-4,9H,5-8H2,(H,15,16,17). The highest BCUT2D eigenvalue weighted by Gasteiger charge is 2.15. The Kier molecular flexibility index (Phi) is 3.77. The van der Waals surface area contributed by atoms with Gasteiger partial charge in [-0.05, 0) is 23.7 Å². The number of aromatic nitrogens is 2. The Morgan fingerprint density at radius 1 is 1.26 bits per heavy atom. The first-order valence-electron chi connectivity index (χ1n) is 6.18. The molecule has 0 amide bonds. The lowest BCUT2D eigenvalue weighted by atomic mass is 10.2. The molecule has 2 aromatic rings. The highest BCUT2D eigenvalue weighted by atomic mass is 35.5. The van der Waals surface area contributed by atoms with Gasteiger partial charge in [-0.2, -0.15) is 0 Å². The zero-order valence-electron chi connectivity index (χ0n) is 10.3. The van der Waals surface area contributed by atoms with Gasteiger partial charge in [0.1, 0.15) is 5.82 Å². The number of anilines is 1. The van der Waals surface area contributed by atoms with Crippen LogP contribution in [-0.4, -0.2) is 42.4 Å². The Bertz CT molecular complexity index is 573. The van der Waals surface area contributed by atoms with Crippen molar-refractivity contribution in [3.8, 4) is 0 Å². The van der Waals surface area contributed by atoms with Crippen LogP contribution in [0.4, 0.5) is 5.82 Å². The maximum atomic E-state index is 5.93. The van der Waals surface area contributed by atoms with Crippen LogP contribution in [0, 0.1) is 0 Å². The Labute approximate surface area is 115 Å². The Morgan fingerprint density at radius 2 is 2.16 bits per heavy atom. The van der Waals surface area contributed by atoms with E-state index in [1.165, 1.54) is 0 Å². The normalized spacial score (nSPS) is 19.5. The first kappa shape index (κ1) is 12.6. The highest BCUT2D eigenvalue weighted by molar-refractivity contribution is 6.28. The second kappa shape index (κ2) is 5.69. The predicted molar refractivity (Wildman–Crippen MR) is 73.6 cm³/mol. The zero-order chi connectivity index (χ0) is 13.1. The van der Waals surface area contributed by atoms with Crippen LogP contribution in [0.25, 0.3) is 10.9 Å². The number of rotatable bonds is 3. The summed E-state index contributed by atoms with van der Waals surface area (Å²) in [4.78, 5) is 8.42. The topological polar surface area (TPSA) is 56.3 Å². The molecule has 0 saturated carbocycles. The minimum Gasteiger partial charge on any atom is -0.376 e. The Balaban J connectivity index is 1.79. The van der Waals surface area contributed by atoms with E-state index >= 15 is 0 Å². The fraction of sp³-hybridized carbons (Fsp3) is 0.385. The van der Waals surface area contributed by atoms with E-state index in [-0.39, 0.29) is 11.4 Å². The van der Waals surface area contributed by atoms with E-state index in [4.69, 9.17) is 21.1 Å². The molecule has 1 atom stereocenters. The molecule has 2 heterocycles.